The van der Waals surface area contributed by atoms with Crippen molar-refractivity contribution >= 4 is 11.7 Å². The van der Waals surface area contributed by atoms with E-state index in [9.17, 15) is 4.79 Å². The van der Waals surface area contributed by atoms with E-state index >= 15 is 0 Å². The van der Waals surface area contributed by atoms with Crippen LogP contribution in [0.3, 0.4) is 0 Å². The number of hydrogen-bond donors (Lipinski definition) is 0. The Morgan fingerprint density at radius 1 is 1.26 bits per heavy atom. The monoisotopic (exact) mass is 255 g/mol. The molecule has 0 aliphatic rings. The molecule has 0 amide bonds. The third kappa shape index (κ3) is 5.43. The van der Waals surface area contributed by atoms with Gasteiger partial charge in [0.1, 0.15) is 6.61 Å². The average molecular weight is 255 g/mol. The van der Waals surface area contributed by atoms with E-state index in [4.69, 9.17) is 4.84 Å². The Hall–Kier alpha value is -2.72. The van der Waals surface area contributed by atoms with Crippen molar-refractivity contribution < 1.29 is 14.4 Å². The molecule has 0 atom stereocenters. The molecule has 0 aliphatic carbocycles. The molecule has 4 heteroatoms. The minimum absolute atomic E-state index is 0.105. The lowest BCUT2D eigenvalue weighted by Crippen LogP contribution is -2.14. The average Bonchev–Trinajstić information content (AvgIpc) is 2.47. The molecule has 0 aromatic heterocycles. The molecule has 1 rings (SSSR count). The number of ether oxygens (including phenoxy) is 1. The second kappa shape index (κ2) is 8.38. The smallest absolute Gasteiger partial charge is 0.369 e. The maximum Gasteiger partial charge on any atom is 0.369 e. The normalized spacial score (nSPS) is 9.47. The fourth-order valence-corrected chi connectivity index (χ4v) is 1.05. The number of benzene rings is 1. The van der Waals surface area contributed by atoms with Crippen LogP contribution in [-0.4, -0.2) is 25.4 Å². The molecule has 0 saturated heterocycles. The van der Waals surface area contributed by atoms with Gasteiger partial charge in [0.05, 0.1) is 7.11 Å². The quantitative estimate of drug-likeness (QED) is 0.357. The van der Waals surface area contributed by atoms with Crippen LogP contribution < -0.4 is 0 Å². The molecule has 0 unspecified atom stereocenters. The van der Waals surface area contributed by atoms with Crippen molar-refractivity contribution in [2.24, 2.45) is 5.16 Å². The molecule has 0 fully saturated rings. The van der Waals surface area contributed by atoms with Gasteiger partial charge in [-0.2, -0.15) is 0 Å². The number of esters is 1. The lowest BCUT2D eigenvalue weighted by molar-refractivity contribution is -0.132. The molecule has 1 aromatic carbocycles. The standard InChI is InChI=1S/C15H13NO3/c1-3-19-16-14(15(17)18-2)12-8-7-11-13-9-5-4-6-10-13/h4-6,9-10H,3H2,1-2H3. The van der Waals surface area contributed by atoms with Gasteiger partial charge < -0.3 is 9.57 Å². The van der Waals surface area contributed by atoms with Crippen LogP contribution in [0, 0.1) is 23.7 Å². The number of hydrogen-bond acceptors (Lipinski definition) is 4. The summed E-state index contributed by atoms with van der Waals surface area (Å²) in [7, 11) is 1.25. The SMILES string of the molecule is CCON=C(C#CC#Cc1ccccc1)C(=O)OC. The van der Waals surface area contributed by atoms with Gasteiger partial charge in [-0.1, -0.05) is 29.3 Å². The molecule has 0 N–H and O–H groups in total. The summed E-state index contributed by atoms with van der Waals surface area (Å²) in [6.07, 6.45) is 0. The number of nitrogens with zero attached hydrogens (tertiary/aromatic N) is 1. The zero-order valence-electron chi connectivity index (χ0n) is 10.8. The van der Waals surface area contributed by atoms with Crippen molar-refractivity contribution in [2.45, 2.75) is 6.92 Å². The first-order valence-corrected chi connectivity index (χ1v) is 5.63. The maximum atomic E-state index is 11.3. The third-order valence-corrected chi connectivity index (χ3v) is 1.89. The molecule has 0 spiro atoms. The minimum Gasteiger partial charge on any atom is -0.464 e. The van der Waals surface area contributed by atoms with Crippen LogP contribution in [0.25, 0.3) is 0 Å². The van der Waals surface area contributed by atoms with Crippen LogP contribution in [0.2, 0.25) is 0 Å². The van der Waals surface area contributed by atoms with Gasteiger partial charge in [0.25, 0.3) is 0 Å². The number of rotatable bonds is 3. The summed E-state index contributed by atoms with van der Waals surface area (Å²) in [5, 5.41) is 3.56. The minimum atomic E-state index is -0.650. The lowest BCUT2D eigenvalue weighted by Gasteiger charge is -1.95. The van der Waals surface area contributed by atoms with E-state index in [1.165, 1.54) is 7.11 Å². The molecular formula is C15H13NO3. The zero-order valence-corrected chi connectivity index (χ0v) is 10.8. The van der Waals surface area contributed by atoms with Crippen molar-refractivity contribution in [1.29, 1.82) is 0 Å². The summed E-state index contributed by atoms with van der Waals surface area (Å²) in [4.78, 5) is 16.1. The molecule has 0 radical (unpaired) electrons. The highest BCUT2D eigenvalue weighted by Gasteiger charge is 2.08. The highest BCUT2D eigenvalue weighted by molar-refractivity contribution is 6.43. The summed E-state index contributed by atoms with van der Waals surface area (Å²) in [5.74, 6) is 9.86. The van der Waals surface area contributed by atoms with Crippen molar-refractivity contribution in [3.63, 3.8) is 0 Å². The van der Waals surface area contributed by atoms with E-state index in [0.717, 1.165) is 5.56 Å². The Morgan fingerprint density at radius 3 is 2.63 bits per heavy atom. The Bertz CT molecular complexity index is 568. The first-order chi connectivity index (χ1) is 9.27. The molecule has 1 aromatic rings. The van der Waals surface area contributed by atoms with Crippen molar-refractivity contribution in [3.8, 4) is 23.7 Å². The summed E-state index contributed by atoms with van der Waals surface area (Å²) < 4.78 is 4.52. The fraction of sp³-hybridized carbons (Fsp3) is 0.200. The molecule has 0 heterocycles. The van der Waals surface area contributed by atoms with Gasteiger partial charge in [0.2, 0.25) is 5.71 Å². The second-order valence-electron chi connectivity index (χ2n) is 3.22. The first kappa shape index (κ1) is 14.3. The molecular weight excluding hydrogens is 242 g/mol. The Labute approximate surface area is 112 Å². The molecule has 96 valence electrons. The summed E-state index contributed by atoms with van der Waals surface area (Å²) in [6, 6.07) is 9.40. The van der Waals surface area contributed by atoms with Gasteiger partial charge in [0.15, 0.2) is 0 Å². The van der Waals surface area contributed by atoms with Crippen LogP contribution in [0.5, 0.6) is 0 Å². The molecule has 19 heavy (non-hydrogen) atoms. The molecule has 4 nitrogen and oxygen atoms in total. The number of methoxy groups -OCH3 is 1. The second-order valence-corrected chi connectivity index (χ2v) is 3.22. The maximum absolute atomic E-state index is 11.3. The van der Waals surface area contributed by atoms with Crippen molar-refractivity contribution in [1.82, 2.24) is 0 Å². The number of carbonyl (C=O) groups is 1. The predicted octanol–water partition coefficient (Wildman–Crippen LogP) is 1.61. The van der Waals surface area contributed by atoms with Gasteiger partial charge in [0, 0.05) is 5.56 Å². The van der Waals surface area contributed by atoms with E-state index < -0.39 is 5.97 Å². The Morgan fingerprint density at radius 2 is 2.00 bits per heavy atom. The lowest BCUT2D eigenvalue weighted by atomic mass is 10.2. The first-order valence-electron chi connectivity index (χ1n) is 5.63. The number of carbonyl (C=O) groups excluding carboxylic acids is 1. The van der Waals surface area contributed by atoms with Gasteiger partial charge in [-0.3, -0.25) is 0 Å². The highest BCUT2D eigenvalue weighted by atomic mass is 16.6. The van der Waals surface area contributed by atoms with Crippen LogP contribution in [0.1, 0.15) is 12.5 Å². The Balaban J connectivity index is 2.79. The largest absolute Gasteiger partial charge is 0.464 e. The van der Waals surface area contributed by atoms with Crippen molar-refractivity contribution in [3.05, 3.63) is 35.9 Å². The van der Waals surface area contributed by atoms with E-state index in [1.54, 1.807) is 6.92 Å². The summed E-state index contributed by atoms with van der Waals surface area (Å²) in [6.45, 7) is 2.10. The van der Waals surface area contributed by atoms with E-state index in [-0.39, 0.29) is 5.71 Å². The third-order valence-electron chi connectivity index (χ3n) is 1.89. The van der Waals surface area contributed by atoms with Gasteiger partial charge >= 0.3 is 5.97 Å². The summed E-state index contributed by atoms with van der Waals surface area (Å²) >= 11 is 0. The van der Waals surface area contributed by atoms with E-state index in [0.29, 0.717) is 6.61 Å². The molecule has 0 bridgehead atoms. The van der Waals surface area contributed by atoms with Crippen LogP contribution in [0.4, 0.5) is 0 Å². The zero-order chi connectivity index (χ0) is 13.9. The summed E-state index contributed by atoms with van der Waals surface area (Å²) in [5.41, 5.74) is 0.741. The topological polar surface area (TPSA) is 47.9 Å². The number of oxime groups is 1. The van der Waals surface area contributed by atoms with Crippen molar-refractivity contribution in [2.75, 3.05) is 13.7 Å². The van der Waals surface area contributed by atoms with Gasteiger partial charge in [-0.25, -0.2) is 4.79 Å². The fourth-order valence-electron chi connectivity index (χ4n) is 1.05. The van der Waals surface area contributed by atoms with Gasteiger partial charge in [-0.15, -0.1) is 0 Å². The highest BCUT2D eigenvalue weighted by Crippen LogP contribution is 1.94. The van der Waals surface area contributed by atoms with Crippen LogP contribution in [-0.2, 0) is 14.4 Å². The Kier molecular flexibility index (Phi) is 6.33. The van der Waals surface area contributed by atoms with E-state index in [2.05, 4.69) is 33.6 Å². The molecule has 0 saturated carbocycles. The van der Waals surface area contributed by atoms with Crippen LogP contribution >= 0.6 is 0 Å². The van der Waals surface area contributed by atoms with Gasteiger partial charge in [-0.05, 0) is 36.8 Å². The molecule has 0 aliphatic heterocycles. The van der Waals surface area contributed by atoms with Crippen LogP contribution in [0.15, 0.2) is 35.5 Å². The predicted molar refractivity (Wildman–Crippen MR) is 72.2 cm³/mol. The van der Waals surface area contributed by atoms with E-state index in [1.807, 2.05) is 30.3 Å².